The van der Waals surface area contributed by atoms with E-state index in [9.17, 15) is 4.79 Å². The van der Waals surface area contributed by atoms with Gasteiger partial charge >= 0.3 is 0 Å². The molecular weight excluding hydrogens is 266 g/mol. The maximum absolute atomic E-state index is 12.7. The van der Waals surface area contributed by atoms with Crippen LogP contribution in [-0.4, -0.2) is 44.1 Å². The number of carbonyl (C=O) groups is 1. The van der Waals surface area contributed by atoms with Crippen molar-refractivity contribution in [3.8, 4) is 5.69 Å². The lowest BCUT2D eigenvalue weighted by Gasteiger charge is -2.35. The molecule has 110 valence electrons. The van der Waals surface area contributed by atoms with Crippen molar-refractivity contribution < 1.29 is 4.79 Å². The van der Waals surface area contributed by atoms with Crippen LogP contribution in [0.4, 0.5) is 0 Å². The molecule has 2 atom stereocenters. The topological polar surface area (TPSA) is 63.9 Å². The van der Waals surface area contributed by atoms with Crippen LogP contribution in [0, 0.1) is 11.8 Å². The number of amides is 1. The quantitative estimate of drug-likeness (QED) is 0.843. The van der Waals surface area contributed by atoms with E-state index in [0.717, 1.165) is 18.8 Å². The smallest absolute Gasteiger partial charge is 0.253 e. The van der Waals surface area contributed by atoms with E-state index < -0.39 is 0 Å². The van der Waals surface area contributed by atoms with Crippen molar-refractivity contribution in [2.75, 3.05) is 13.1 Å². The number of hydrogen-bond donors (Lipinski definition) is 0. The summed E-state index contributed by atoms with van der Waals surface area (Å²) in [4.78, 5) is 14.6. The van der Waals surface area contributed by atoms with Crippen molar-refractivity contribution in [3.63, 3.8) is 0 Å². The van der Waals surface area contributed by atoms with Crippen molar-refractivity contribution in [2.24, 2.45) is 11.8 Å². The van der Waals surface area contributed by atoms with E-state index >= 15 is 0 Å². The van der Waals surface area contributed by atoms with Gasteiger partial charge in [-0.2, -0.15) is 0 Å². The minimum absolute atomic E-state index is 0.0864. The first kappa shape index (κ1) is 13.7. The Balaban J connectivity index is 1.83. The van der Waals surface area contributed by atoms with Gasteiger partial charge in [-0.3, -0.25) is 4.79 Å². The first-order chi connectivity index (χ1) is 10.1. The molecule has 1 aliphatic rings. The zero-order valence-corrected chi connectivity index (χ0v) is 12.3. The number of likely N-dealkylation sites (tertiary alicyclic amines) is 1. The molecule has 1 aromatic carbocycles. The molecule has 6 nitrogen and oxygen atoms in total. The van der Waals surface area contributed by atoms with Gasteiger partial charge in [0.25, 0.3) is 5.91 Å². The predicted molar refractivity (Wildman–Crippen MR) is 78.0 cm³/mol. The zero-order chi connectivity index (χ0) is 14.8. The average molecular weight is 285 g/mol. The molecule has 1 aromatic heterocycles. The third-order valence-corrected chi connectivity index (χ3v) is 3.86. The molecule has 6 heteroatoms. The summed E-state index contributed by atoms with van der Waals surface area (Å²) in [5.41, 5.74) is 1.48. The Morgan fingerprint density at radius 1 is 1.24 bits per heavy atom. The van der Waals surface area contributed by atoms with E-state index in [4.69, 9.17) is 0 Å². The molecule has 2 heterocycles. The lowest BCUT2D eigenvalue weighted by atomic mass is 9.91. The maximum atomic E-state index is 12.7. The van der Waals surface area contributed by atoms with Crippen LogP contribution in [-0.2, 0) is 0 Å². The highest BCUT2D eigenvalue weighted by Gasteiger charge is 2.26. The van der Waals surface area contributed by atoms with Gasteiger partial charge in [-0.1, -0.05) is 19.9 Å². The molecule has 0 N–H and O–H groups in total. The third kappa shape index (κ3) is 2.94. The number of hydrogen-bond acceptors (Lipinski definition) is 4. The Hall–Kier alpha value is -2.24. The summed E-state index contributed by atoms with van der Waals surface area (Å²) in [5, 5.41) is 11.1. The van der Waals surface area contributed by atoms with Crippen LogP contribution in [0.2, 0.25) is 0 Å². The van der Waals surface area contributed by atoms with E-state index in [0.29, 0.717) is 17.4 Å². The molecule has 1 fully saturated rings. The molecule has 0 saturated carbocycles. The fourth-order valence-corrected chi connectivity index (χ4v) is 3.07. The summed E-state index contributed by atoms with van der Waals surface area (Å²) < 4.78 is 1.55. The zero-order valence-electron chi connectivity index (χ0n) is 12.3. The fraction of sp³-hybridized carbons (Fsp3) is 0.467. The van der Waals surface area contributed by atoms with Gasteiger partial charge < -0.3 is 4.90 Å². The number of rotatable bonds is 2. The first-order valence-electron chi connectivity index (χ1n) is 7.26. The second kappa shape index (κ2) is 5.63. The Labute approximate surface area is 123 Å². The van der Waals surface area contributed by atoms with Crippen LogP contribution in [0.5, 0.6) is 0 Å². The standard InChI is InChI=1S/C15H19N5O/c1-11-6-12(2)9-19(8-11)15(21)13-4-3-5-14(7-13)20-10-16-17-18-20/h3-5,7,10-12H,6,8-9H2,1-2H3/t11-,12-/m0/s1. The minimum atomic E-state index is 0.0864. The maximum Gasteiger partial charge on any atom is 0.253 e. The third-order valence-electron chi connectivity index (χ3n) is 3.86. The lowest BCUT2D eigenvalue weighted by Crippen LogP contribution is -2.42. The van der Waals surface area contributed by atoms with Gasteiger partial charge in [0, 0.05) is 18.7 Å². The van der Waals surface area contributed by atoms with Crippen LogP contribution in [0.15, 0.2) is 30.6 Å². The molecule has 2 aromatic rings. The highest BCUT2D eigenvalue weighted by atomic mass is 16.2. The van der Waals surface area contributed by atoms with Crippen molar-refractivity contribution >= 4 is 5.91 Å². The van der Waals surface area contributed by atoms with E-state index in [2.05, 4.69) is 29.4 Å². The van der Waals surface area contributed by atoms with Crippen LogP contribution in [0.1, 0.15) is 30.6 Å². The van der Waals surface area contributed by atoms with Gasteiger partial charge in [0.1, 0.15) is 6.33 Å². The summed E-state index contributed by atoms with van der Waals surface area (Å²) in [6.07, 6.45) is 2.71. The van der Waals surface area contributed by atoms with Crippen LogP contribution in [0.3, 0.4) is 0 Å². The Morgan fingerprint density at radius 2 is 2.00 bits per heavy atom. The van der Waals surface area contributed by atoms with Crippen LogP contribution < -0.4 is 0 Å². The molecule has 21 heavy (non-hydrogen) atoms. The first-order valence-corrected chi connectivity index (χ1v) is 7.26. The number of nitrogens with zero attached hydrogens (tertiary/aromatic N) is 5. The Morgan fingerprint density at radius 3 is 2.67 bits per heavy atom. The number of aromatic nitrogens is 4. The highest BCUT2D eigenvalue weighted by Crippen LogP contribution is 2.23. The summed E-state index contributed by atoms with van der Waals surface area (Å²) in [6, 6.07) is 7.43. The fourth-order valence-electron chi connectivity index (χ4n) is 3.07. The van der Waals surface area contributed by atoms with Crippen molar-refractivity contribution in [2.45, 2.75) is 20.3 Å². The predicted octanol–water partition coefficient (Wildman–Crippen LogP) is 1.78. The summed E-state index contributed by atoms with van der Waals surface area (Å²) >= 11 is 0. The molecule has 1 saturated heterocycles. The molecule has 0 bridgehead atoms. The second-order valence-corrected chi connectivity index (χ2v) is 5.96. The van der Waals surface area contributed by atoms with Gasteiger partial charge in [0.15, 0.2) is 0 Å². The van der Waals surface area contributed by atoms with Gasteiger partial charge in [0.05, 0.1) is 5.69 Å². The summed E-state index contributed by atoms with van der Waals surface area (Å²) in [6.45, 7) is 6.07. The minimum Gasteiger partial charge on any atom is -0.338 e. The number of carbonyl (C=O) groups excluding carboxylic acids is 1. The SMILES string of the molecule is C[C@H]1C[C@H](C)CN(C(=O)c2cccc(-n3cnnn3)c2)C1. The van der Waals surface area contributed by atoms with Crippen LogP contribution >= 0.6 is 0 Å². The number of benzene rings is 1. The van der Waals surface area contributed by atoms with E-state index in [1.165, 1.54) is 12.7 Å². The Bertz CT molecular complexity index is 615. The Kier molecular flexibility index (Phi) is 3.68. The summed E-state index contributed by atoms with van der Waals surface area (Å²) in [7, 11) is 0. The van der Waals surface area contributed by atoms with Gasteiger partial charge in [-0.25, -0.2) is 4.68 Å². The monoisotopic (exact) mass is 285 g/mol. The van der Waals surface area contributed by atoms with Crippen molar-refractivity contribution in [1.29, 1.82) is 0 Å². The van der Waals surface area contributed by atoms with E-state index in [-0.39, 0.29) is 5.91 Å². The molecule has 3 rings (SSSR count). The summed E-state index contributed by atoms with van der Waals surface area (Å²) in [5.74, 6) is 1.20. The van der Waals surface area contributed by atoms with Gasteiger partial charge in [0.2, 0.25) is 0 Å². The normalized spacial score (nSPS) is 22.3. The largest absolute Gasteiger partial charge is 0.338 e. The average Bonchev–Trinajstić information content (AvgIpc) is 3.00. The second-order valence-electron chi connectivity index (χ2n) is 5.96. The highest BCUT2D eigenvalue weighted by molar-refractivity contribution is 5.94. The van der Waals surface area contributed by atoms with Crippen LogP contribution in [0.25, 0.3) is 5.69 Å². The molecular formula is C15H19N5O. The lowest BCUT2D eigenvalue weighted by molar-refractivity contribution is 0.0623. The number of piperidine rings is 1. The molecule has 0 radical (unpaired) electrons. The molecule has 1 aliphatic heterocycles. The number of tetrazole rings is 1. The van der Waals surface area contributed by atoms with Crippen molar-refractivity contribution in [3.05, 3.63) is 36.2 Å². The molecule has 1 amide bonds. The molecule has 0 unspecified atom stereocenters. The van der Waals surface area contributed by atoms with Gasteiger partial charge in [-0.15, -0.1) is 5.10 Å². The van der Waals surface area contributed by atoms with Gasteiger partial charge in [-0.05, 0) is 46.9 Å². The van der Waals surface area contributed by atoms with E-state index in [1.54, 1.807) is 4.68 Å². The van der Waals surface area contributed by atoms with E-state index in [1.807, 2.05) is 29.2 Å². The molecule has 0 spiro atoms. The van der Waals surface area contributed by atoms with Crippen molar-refractivity contribution in [1.82, 2.24) is 25.1 Å². The molecule has 0 aliphatic carbocycles.